The SMILES string of the molecule is COc1cccc(CNC(=O)c2ccc3c(c2)n(Cc2ccccc2)c(=O)c2ccnn23)c1. The van der Waals surface area contributed by atoms with Gasteiger partial charge in [0.15, 0.2) is 0 Å². The van der Waals surface area contributed by atoms with Gasteiger partial charge in [-0.15, -0.1) is 0 Å². The minimum atomic E-state index is -0.223. The van der Waals surface area contributed by atoms with Gasteiger partial charge in [0.1, 0.15) is 11.3 Å². The predicted octanol–water partition coefficient (Wildman–Crippen LogP) is 3.64. The Bertz CT molecular complexity index is 1520. The molecule has 2 heterocycles. The summed E-state index contributed by atoms with van der Waals surface area (Å²) in [5.41, 5.74) is 4.15. The van der Waals surface area contributed by atoms with Crippen molar-refractivity contribution in [2.45, 2.75) is 13.1 Å². The number of nitrogens with zero attached hydrogens (tertiary/aromatic N) is 3. The number of benzene rings is 3. The molecule has 0 aliphatic heterocycles. The number of carbonyl (C=O) groups excluding carboxylic acids is 1. The molecule has 0 spiro atoms. The molecule has 0 saturated carbocycles. The molecule has 0 atom stereocenters. The molecule has 1 N–H and O–H groups in total. The van der Waals surface area contributed by atoms with E-state index in [-0.39, 0.29) is 11.5 Å². The van der Waals surface area contributed by atoms with E-state index in [2.05, 4.69) is 10.4 Å². The first kappa shape index (κ1) is 20.5. The summed E-state index contributed by atoms with van der Waals surface area (Å²) in [4.78, 5) is 26.2. The molecule has 0 saturated heterocycles. The van der Waals surface area contributed by atoms with Gasteiger partial charge in [0.2, 0.25) is 0 Å². The Balaban J connectivity index is 1.53. The number of methoxy groups -OCH3 is 1. The topological polar surface area (TPSA) is 77.6 Å². The van der Waals surface area contributed by atoms with Crippen LogP contribution in [0.5, 0.6) is 5.75 Å². The van der Waals surface area contributed by atoms with Gasteiger partial charge in [-0.25, -0.2) is 4.52 Å². The Kier molecular flexibility index (Phi) is 5.36. The quantitative estimate of drug-likeness (QED) is 0.439. The number of amides is 1. The summed E-state index contributed by atoms with van der Waals surface area (Å²) < 4.78 is 8.56. The third kappa shape index (κ3) is 3.96. The Labute approximate surface area is 189 Å². The minimum absolute atomic E-state index is 0.155. The van der Waals surface area contributed by atoms with Gasteiger partial charge in [0.25, 0.3) is 11.5 Å². The summed E-state index contributed by atoms with van der Waals surface area (Å²) in [6.07, 6.45) is 1.61. The van der Waals surface area contributed by atoms with E-state index in [9.17, 15) is 9.59 Å². The lowest BCUT2D eigenvalue weighted by Crippen LogP contribution is -2.25. The number of fused-ring (bicyclic) bond motifs is 3. The third-order valence-corrected chi connectivity index (χ3v) is 5.63. The first-order chi connectivity index (χ1) is 16.1. The van der Waals surface area contributed by atoms with Crippen molar-refractivity contribution >= 4 is 22.5 Å². The number of hydrogen-bond donors (Lipinski definition) is 1. The fraction of sp³-hybridized carbons (Fsp3) is 0.115. The van der Waals surface area contributed by atoms with Gasteiger partial charge >= 0.3 is 0 Å². The molecule has 2 aromatic heterocycles. The van der Waals surface area contributed by atoms with Crippen molar-refractivity contribution < 1.29 is 9.53 Å². The zero-order valence-corrected chi connectivity index (χ0v) is 18.1. The molecular formula is C26H22N4O3. The second-order valence-electron chi connectivity index (χ2n) is 7.74. The largest absolute Gasteiger partial charge is 0.497 e. The molecule has 5 rings (SSSR count). The average molecular weight is 438 g/mol. The Morgan fingerprint density at radius 2 is 1.73 bits per heavy atom. The maximum absolute atomic E-state index is 13.2. The van der Waals surface area contributed by atoms with Crippen LogP contribution < -0.4 is 15.6 Å². The van der Waals surface area contributed by atoms with Gasteiger partial charge in [-0.3, -0.25) is 9.59 Å². The van der Waals surface area contributed by atoms with Crippen LogP contribution in [0.1, 0.15) is 21.5 Å². The molecular weight excluding hydrogens is 416 g/mol. The van der Waals surface area contributed by atoms with Gasteiger partial charge in [-0.05, 0) is 47.5 Å². The maximum atomic E-state index is 13.2. The molecule has 0 fully saturated rings. The predicted molar refractivity (Wildman–Crippen MR) is 127 cm³/mol. The molecule has 5 aromatic rings. The second-order valence-corrected chi connectivity index (χ2v) is 7.74. The van der Waals surface area contributed by atoms with Gasteiger partial charge in [0, 0.05) is 12.1 Å². The van der Waals surface area contributed by atoms with E-state index in [1.807, 2.05) is 60.7 Å². The number of rotatable bonds is 6. The van der Waals surface area contributed by atoms with Gasteiger partial charge in [-0.2, -0.15) is 5.10 Å². The zero-order valence-electron chi connectivity index (χ0n) is 18.1. The molecule has 164 valence electrons. The van der Waals surface area contributed by atoms with Crippen molar-refractivity contribution in [1.82, 2.24) is 19.5 Å². The molecule has 0 bridgehead atoms. The van der Waals surface area contributed by atoms with Crippen LogP contribution in [0.15, 0.2) is 89.9 Å². The lowest BCUT2D eigenvalue weighted by Gasteiger charge is -2.14. The van der Waals surface area contributed by atoms with Crippen molar-refractivity contribution in [3.8, 4) is 5.75 Å². The van der Waals surface area contributed by atoms with Crippen LogP contribution in [0.2, 0.25) is 0 Å². The summed E-state index contributed by atoms with van der Waals surface area (Å²) in [6.45, 7) is 0.760. The summed E-state index contributed by atoms with van der Waals surface area (Å²) in [5, 5.41) is 7.26. The third-order valence-electron chi connectivity index (χ3n) is 5.63. The van der Waals surface area contributed by atoms with Crippen LogP contribution in [0.25, 0.3) is 16.6 Å². The van der Waals surface area contributed by atoms with E-state index in [1.165, 1.54) is 0 Å². The Morgan fingerprint density at radius 1 is 0.909 bits per heavy atom. The van der Waals surface area contributed by atoms with Crippen LogP contribution in [0, 0.1) is 0 Å². The van der Waals surface area contributed by atoms with Crippen molar-refractivity contribution in [3.63, 3.8) is 0 Å². The van der Waals surface area contributed by atoms with Crippen molar-refractivity contribution in [2.24, 2.45) is 0 Å². The molecule has 0 radical (unpaired) electrons. The fourth-order valence-corrected chi connectivity index (χ4v) is 3.95. The average Bonchev–Trinajstić information content (AvgIpc) is 3.36. The zero-order chi connectivity index (χ0) is 22.8. The first-order valence-corrected chi connectivity index (χ1v) is 10.6. The van der Waals surface area contributed by atoms with Crippen LogP contribution in [-0.4, -0.2) is 27.2 Å². The van der Waals surface area contributed by atoms with Crippen molar-refractivity contribution in [3.05, 3.63) is 112 Å². The smallest absolute Gasteiger partial charge is 0.277 e. The number of hydrogen-bond acceptors (Lipinski definition) is 4. The molecule has 0 aliphatic carbocycles. The first-order valence-electron chi connectivity index (χ1n) is 10.6. The van der Waals surface area contributed by atoms with Crippen LogP contribution in [-0.2, 0) is 13.1 Å². The van der Waals surface area contributed by atoms with Crippen LogP contribution >= 0.6 is 0 Å². The monoisotopic (exact) mass is 438 g/mol. The van der Waals surface area contributed by atoms with E-state index in [4.69, 9.17) is 4.74 Å². The second kappa shape index (κ2) is 8.63. The molecule has 0 aliphatic rings. The molecule has 33 heavy (non-hydrogen) atoms. The molecule has 1 amide bonds. The van der Waals surface area contributed by atoms with Crippen LogP contribution in [0.3, 0.4) is 0 Å². The van der Waals surface area contributed by atoms with Gasteiger partial charge < -0.3 is 14.6 Å². The lowest BCUT2D eigenvalue weighted by atomic mass is 10.1. The van der Waals surface area contributed by atoms with Crippen molar-refractivity contribution in [2.75, 3.05) is 7.11 Å². The normalized spacial score (nSPS) is 11.1. The number of aromatic nitrogens is 3. The standard InChI is InChI=1S/C26H22N4O3/c1-33-21-9-5-8-19(14-21)16-27-25(31)20-10-11-22-24(15-20)29(17-18-6-3-2-4-7-18)26(32)23-12-13-28-30(22)23/h2-15H,16-17H2,1H3,(H,27,31). The number of carbonyl (C=O) groups is 1. The summed E-state index contributed by atoms with van der Waals surface area (Å²) in [6, 6.07) is 24.4. The number of nitrogens with one attached hydrogen (secondary N) is 1. The Hall–Kier alpha value is -4.39. The highest BCUT2D eigenvalue weighted by molar-refractivity contribution is 5.97. The summed E-state index contributed by atoms with van der Waals surface area (Å²) >= 11 is 0. The molecule has 7 nitrogen and oxygen atoms in total. The maximum Gasteiger partial charge on any atom is 0.277 e. The molecule has 7 heteroatoms. The highest BCUT2D eigenvalue weighted by atomic mass is 16.5. The van der Waals surface area contributed by atoms with Crippen LogP contribution in [0.4, 0.5) is 0 Å². The molecule has 3 aromatic carbocycles. The number of ether oxygens (including phenoxy) is 1. The van der Waals surface area contributed by atoms with E-state index in [1.54, 1.807) is 40.6 Å². The van der Waals surface area contributed by atoms with Gasteiger partial charge in [-0.1, -0.05) is 42.5 Å². The highest BCUT2D eigenvalue weighted by Gasteiger charge is 2.15. The van der Waals surface area contributed by atoms with E-state index < -0.39 is 0 Å². The van der Waals surface area contributed by atoms with E-state index in [0.717, 1.165) is 22.4 Å². The minimum Gasteiger partial charge on any atom is -0.497 e. The van der Waals surface area contributed by atoms with E-state index in [0.29, 0.717) is 29.7 Å². The molecule has 0 unspecified atom stereocenters. The summed E-state index contributed by atoms with van der Waals surface area (Å²) in [7, 11) is 1.61. The van der Waals surface area contributed by atoms with Crippen molar-refractivity contribution in [1.29, 1.82) is 0 Å². The van der Waals surface area contributed by atoms with E-state index >= 15 is 0 Å². The van der Waals surface area contributed by atoms with Gasteiger partial charge in [0.05, 0.1) is 30.9 Å². The fourth-order valence-electron chi connectivity index (χ4n) is 3.95. The summed E-state index contributed by atoms with van der Waals surface area (Å²) in [5.74, 6) is 0.514. The lowest BCUT2D eigenvalue weighted by molar-refractivity contribution is 0.0951. The highest BCUT2D eigenvalue weighted by Crippen LogP contribution is 2.18. The Morgan fingerprint density at radius 3 is 2.55 bits per heavy atom.